The van der Waals surface area contributed by atoms with E-state index in [1.807, 2.05) is 0 Å². The van der Waals surface area contributed by atoms with Crippen LogP contribution in [0.1, 0.15) is 49.7 Å². The summed E-state index contributed by atoms with van der Waals surface area (Å²) in [6, 6.07) is 6.48. The van der Waals surface area contributed by atoms with Crippen LogP contribution in [-0.4, -0.2) is 45.6 Å². The fourth-order valence-electron chi connectivity index (χ4n) is 6.53. The molecule has 2 fully saturated rings. The van der Waals surface area contributed by atoms with Gasteiger partial charge in [-0.1, -0.05) is 13.0 Å². The van der Waals surface area contributed by atoms with E-state index < -0.39 is 0 Å². The minimum absolute atomic E-state index is 0.187. The Kier molecular flexibility index (Phi) is 5.98. The first kappa shape index (κ1) is 20.1. The molecule has 28 heavy (non-hydrogen) atoms. The van der Waals surface area contributed by atoms with Gasteiger partial charge in [0.05, 0.1) is 6.10 Å². The molecule has 3 unspecified atom stereocenters. The Morgan fingerprint density at radius 3 is 2.68 bits per heavy atom. The molecule has 0 heterocycles. The average molecular weight is 391 g/mol. The van der Waals surface area contributed by atoms with Crippen molar-refractivity contribution < 1.29 is 24.1 Å². The van der Waals surface area contributed by atoms with E-state index in [4.69, 9.17) is 18.9 Å². The summed E-state index contributed by atoms with van der Waals surface area (Å²) in [5, 5.41) is 10.3. The highest BCUT2D eigenvalue weighted by atomic mass is 16.7. The highest BCUT2D eigenvalue weighted by molar-refractivity contribution is 5.41. The molecular weight excluding hydrogens is 356 g/mol. The molecule has 1 N–H and O–H groups in total. The van der Waals surface area contributed by atoms with Gasteiger partial charge in [0.15, 0.2) is 6.79 Å². The fourth-order valence-corrected chi connectivity index (χ4v) is 6.53. The van der Waals surface area contributed by atoms with E-state index >= 15 is 0 Å². The maximum atomic E-state index is 10.3. The Morgan fingerprint density at radius 2 is 1.93 bits per heavy atom. The largest absolute Gasteiger partial charge is 0.468 e. The molecule has 0 aliphatic heterocycles. The van der Waals surface area contributed by atoms with Crippen LogP contribution in [0, 0.1) is 23.2 Å². The number of aliphatic hydroxyl groups is 1. The average Bonchev–Trinajstić information content (AvgIpc) is 3.05. The second-order valence-electron chi connectivity index (χ2n) is 9.03. The van der Waals surface area contributed by atoms with E-state index in [9.17, 15) is 5.11 Å². The first-order valence-electron chi connectivity index (χ1n) is 10.6. The maximum Gasteiger partial charge on any atom is 0.188 e. The lowest BCUT2D eigenvalue weighted by atomic mass is 9.52. The van der Waals surface area contributed by atoms with E-state index in [1.165, 1.54) is 24.0 Å². The van der Waals surface area contributed by atoms with Crippen molar-refractivity contribution >= 4 is 0 Å². The summed E-state index contributed by atoms with van der Waals surface area (Å²) in [5.74, 6) is 2.81. The number of hydrogen-bond acceptors (Lipinski definition) is 5. The SMILES string of the molecule is COCOc1ccc2c(c1)C[C@@H](CO)C1C2CC[C@@]2(C)C1CC[C@@H]2OCOC. The Hall–Kier alpha value is -1.14. The molecule has 5 heteroatoms. The first-order valence-corrected chi connectivity index (χ1v) is 10.6. The summed E-state index contributed by atoms with van der Waals surface area (Å²) in [4.78, 5) is 0. The Bertz CT molecular complexity index is 677. The second-order valence-corrected chi connectivity index (χ2v) is 9.03. The lowest BCUT2D eigenvalue weighted by molar-refractivity contribution is -0.129. The van der Waals surface area contributed by atoms with Gasteiger partial charge in [0.1, 0.15) is 12.5 Å². The van der Waals surface area contributed by atoms with Gasteiger partial charge >= 0.3 is 0 Å². The van der Waals surface area contributed by atoms with Crippen molar-refractivity contribution in [3.8, 4) is 5.75 Å². The zero-order chi connectivity index (χ0) is 19.7. The van der Waals surface area contributed by atoms with Crippen LogP contribution in [0.15, 0.2) is 18.2 Å². The van der Waals surface area contributed by atoms with Gasteiger partial charge in [-0.2, -0.15) is 0 Å². The van der Waals surface area contributed by atoms with Crippen LogP contribution in [-0.2, 0) is 20.6 Å². The molecule has 3 aliphatic carbocycles. The molecule has 5 nitrogen and oxygen atoms in total. The van der Waals surface area contributed by atoms with E-state index in [2.05, 4.69) is 25.1 Å². The number of hydrogen-bond donors (Lipinski definition) is 1. The summed E-state index contributed by atoms with van der Waals surface area (Å²) in [7, 11) is 3.32. The molecule has 0 aromatic heterocycles. The smallest absolute Gasteiger partial charge is 0.188 e. The Labute approximate surface area is 168 Å². The molecule has 156 valence electrons. The van der Waals surface area contributed by atoms with Crippen LogP contribution in [0.2, 0.25) is 0 Å². The molecule has 1 aromatic rings. The number of methoxy groups -OCH3 is 2. The minimum atomic E-state index is 0.187. The standard InChI is InChI=1S/C23H34O5/c1-23-9-8-19-18-5-4-17(27-13-25-2)11-15(18)10-16(12-24)22(19)20(23)6-7-21(23)28-14-26-3/h4-5,11,16,19-22,24H,6-10,12-14H2,1-3H3/t16-,19?,20?,21-,22?,23-/m0/s1. The van der Waals surface area contributed by atoms with Crippen molar-refractivity contribution in [1.82, 2.24) is 0 Å². The highest BCUT2D eigenvalue weighted by Gasteiger charge is 2.57. The Balaban J connectivity index is 1.61. The third-order valence-corrected chi connectivity index (χ3v) is 7.75. The van der Waals surface area contributed by atoms with E-state index in [0.717, 1.165) is 25.0 Å². The predicted molar refractivity (Wildman–Crippen MR) is 106 cm³/mol. The van der Waals surface area contributed by atoms with Crippen LogP contribution in [0.4, 0.5) is 0 Å². The maximum absolute atomic E-state index is 10.3. The molecular formula is C23H34O5. The van der Waals surface area contributed by atoms with Crippen LogP contribution in [0.5, 0.6) is 5.75 Å². The van der Waals surface area contributed by atoms with Crippen molar-refractivity contribution in [2.24, 2.45) is 23.2 Å². The molecule has 0 saturated heterocycles. The monoisotopic (exact) mass is 390 g/mol. The fraction of sp³-hybridized carbons (Fsp3) is 0.739. The van der Waals surface area contributed by atoms with Crippen LogP contribution >= 0.6 is 0 Å². The van der Waals surface area contributed by atoms with Gasteiger partial charge in [0, 0.05) is 20.8 Å². The first-order chi connectivity index (χ1) is 13.6. The summed E-state index contributed by atoms with van der Waals surface area (Å²) in [5.41, 5.74) is 2.98. The zero-order valence-corrected chi connectivity index (χ0v) is 17.4. The molecule has 3 aliphatic rings. The van der Waals surface area contributed by atoms with Gasteiger partial charge in [0.25, 0.3) is 0 Å². The van der Waals surface area contributed by atoms with E-state index in [-0.39, 0.29) is 24.9 Å². The predicted octanol–water partition coefficient (Wildman–Crippen LogP) is 3.73. The van der Waals surface area contributed by atoms with Gasteiger partial charge in [0.2, 0.25) is 0 Å². The summed E-state index contributed by atoms with van der Waals surface area (Å²) < 4.78 is 21.9. The number of ether oxygens (including phenoxy) is 4. The van der Waals surface area contributed by atoms with Gasteiger partial charge in [-0.3, -0.25) is 0 Å². The second kappa shape index (κ2) is 8.31. The van der Waals surface area contributed by atoms with Gasteiger partial charge in [-0.25, -0.2) is 0 Å². The number of aliphatic hydroxyl groups excluding tert-OH is 1. The van der Waals surface area contributed by atoms with Crippen molar-refractivity contribution in [3.05, 3.63) is 29.3 Å². The van der Waals surface area contributed by atoms with Gasteiger partial charge < -0.3 is 24.1 Å². The van der Waals surface area contributed by atoms with Crippen LogP contribution < -0.4 is 4.74 Å². The Morgan fingerprint density at radius 1 is 1.11 bits per heavy atom. The quantitative estimate of drug-likeness (QED) is 0.719. The number of benzene rings is 1. The normalized spacial score (nSPS) is 36.5. The zero-order valence-electron chi connectivity index (χ0n) is 17.4. The van der Waals surface area contributed by atoms with E-state index in [0.29, 0.717) is 30.5 Å². The highest BCUT2D eigenvalue weighted by Crippen LogP contribution is 2.62. The van der Waals surface area contributed by atoms with E-state index in [1.54, 1.807) is 14.2 Å². The van der Waals surface area contributed by atoms with Crippen molar-refractivity contribution in [3.63, 3.8) is 0 Å². The molecule has 1 aromatic carbocycles. The summed E-state index contributed by atoms with van der Waals surface area (Å²) in [6.07, 6.45) is 5.81. The van der Waals surface area contributed by atoms with Crippen molar-refractivity contribution in [1.29, 1.82) is 0 Å². The minimum Gasteiger partial charge on any atom is -0.468 e. The molecule has 4 rings (SSSR count). The number of fused-ring (bicyclic) bond motifs is 5. The lowest BCUT2D eigenvalue weighted by Gasteiger charge is -2.53. The third kappa shape index (κ3) is 3.36. The third-order valence-electron chi connectivity index (χ3n) is 7.75. The number of rotatable bonds is 7. The topological polar surface area (TPSA) is 57.2 Å². The van der Waals surface area contributed by atoms with Crippen molar-refractivity contribution in [2.75, 3.05) is 34.4 Å². The van der Waals surface area contributed by atoms with Crippen LogP contribution in [0.3, 0.4) is 0 Å². The summed E-state index contributed by atoms with van der Waals surface area (Å²) >= 11 is 0. The van der Waals surface area contributed by atoms with Crippen molar-refractivity contribution in [2.45, 2.75) is 51.0 Å². The molecule has 6 atom stereocenters. The molecule has 0 radical (unpaired) electrons. The summed E-state index contributed by atoms with van der Waals surface area (Å²) in [6.45, 7) is 3.29. The molecule has 0 amide bonds. The van der Waals surface area contributed by atoms with Crippen LogP contribution in [0.25, 0.3) is 0 Å². The molecule has 0 spiro atoms. The lowest BCUT2D eigenvalue weighted by Crippen LogP contribution is -2.48. The molecule has 0 bridgehead atoms. The van der Waals surface area contributed by atoms with Gasteiger partial charge in [-0.15, -0.1) is 0 Å². The molecule has 2 saturated carbocycles. The van der Waals surface area contributed by atoms with Gasteiger partial charge in [-0.05, 0) is 84.5 Å².